The van der Waals surface area contributed by atoms with Crippen molar-refractivity contribution in [3.63, 3.8) is 0 Å². The molecule has 1 amide bonds. The summed E-state index contributed by atoms with van der Waals surface area (Å²) in [7, 11) is 0. The van der Waals surface area contributed by atoms with Crippen molar-refractivity contribution in [2.45, 2.75) is 38.6 Å². The molecule has 98 valence electrons. The van der Waals surface area contributed by atoms with E-state index in [1.807, 2.05) is 23.1 Å². The Bertz CT molecular complexity index is 436. The first-order chi connectivity index (χ1) is 8.66. The standard InChI is InChI=1S/C14H17BrClNO/c15-12-7-6-11(13(16)9-12)10-17-8-4-2-1-3-5-14(17)18/h6-7,9H,1-5,8,10H2. The second-order valence-electron chi connectivity index (χ2n) is 4.72. The normalized spacial score (nSPS) is 17.4. The molecule has 1 aromatic rings. The van der Waals surface area contributed by atoms with E-state index in [1.54, 1.807) is 0 Å². The number of hydrogen-bond acceptors (Lipinski definition) is 1. The van der Waals surface area contributed by atoms with Crippen LogP contribution in [0.2, 0.25) is 5.02 Å². The van der Waals surface area contributed by atoms with Crippen LogP contribution in [0.1, 0.15) is 37.7 Å². The molecule has 0 spiro atoms. The lowest BCUT2D eigenvalue weighted by atomic mass is 10.1. The first-order valence-electron chi connectivity index (χ1n) is 6.38. The Hall–Kier alpha value is -0.540. The van der Waals surface area contributed by atoms with Crippen LogP contribution in [0.15, 0.2) is 22.7 Å². The number of carbonyl (C=O) groups excluding carboxylic acids is 1. The maximum Gasteiger partial charge on any atom is 0.222 e. The first kappa shape index (κ1) is 13.9. The van der Waals surface area contributed by atoms with E-state index in [4.69, 9.17) is 11.6 Å². The van der Waals surface area contributed by atoms with E-state index < -0.39 is 0 Å². The van der Waals surface area contributed by atoms with E-state index in [9.17, 15) is 4.79 Å². The molecule has 1 aromatic carbocycles. The third-order valence-electron chi connectivity index (χ3n) is 3.30. The fraction of sp³-hybridized carbons (Fsp3) is 0.500. The van der Waals surface area contributed by atoms with Gasteiger partial charge in [0.05, 0.1) is 0 Å². The summed E-state index contributed by atoms with van der Waals surface area (Å²) in [6.07, 6.45) is 5.19. The van der Waals surface area contributed by atoms with Gasteiger partial charge in [-0.15, -0.1) is 0 Å². The molecule has 0 aliphatic carbocycles. The molecule has 1 aliphatic heterocycles. The number of rotatable bonds is 2. The minimum Gasteiger partial charge on any atom is -0.338 e. The fourth-order valence-electron chi connectivity index (χ4n) is 2.24. The van der Waals surface area contributed by atoms with Crippen molar-refractivity contribution in [2.75, 3.05) is 6.54 Å². The van der Waals surface area contributed by atoms with Crippen LogP contribution in [0.25, 0.3) is 0 Å². The van der Waals surface area contributed by atoms with Crippen molar-refractivity contribution in [1.29, 1.82) is 0 Å². The fourth-order valence-corrected chi connectivity index (χ4v) is 2.97. The molecule has 2 nitrogen and oxygen atoms in total. The predicted octanol–water partition coefficient (Wildman–Crippen LogP) is 4.40. The summed E-state index contributed by atoms with van der Waals surface area (Å²) in [5, 5.41) is 0.722. The van der Waals surface area contributed by atoms with Gasteiger partial charge in [-0.2, -0.15) is 0 Å². The predicted molar refractivity (Wildman–Crippen MR) is 77.7 cm³/mol. The molecule has 18 heavy (non-hydrogen) atoms. The van der Waals surface area contributed by atoms with Gasteiger partial charge < -0.3 is 4.90 Å². The molecule has 4 heteroatoms. The zero-order valence-electron chi connectivity index (χ0n) is 10.3. The summed E-state index contributed by atoms with van der Waals surface area (Å²) in [5.74, 6) is 0.258. The second kappa shape index (κ2) is 6.58. The van der Waals surface area contributed by atoms with Crippen molar-refractivity contribution in [2.24, 2.45) is 0 Å². The molecule has 0 unspecified atom stereocenters. The van der Waals surface area contributed by atoms with Gasteiger partial charge in [-0.25, -0.2) is 0 Å². The van der Waals surface area contributed by atoms with Crippen LogP contribution in [-0.2, 0) is 11.3 Å². The average Bonchev–Trinajstić information content (AvgIpc) is 2.31. The van der Waals surface area contributed by atoms with Crippen molar-refractivity contribution in [3.05, 3.63) is 33.3 Å². The van der Waals surface area contributed by atoms with E-state index in [0.29, 0.717) is 13.0 Å². The number of carbonyl (C=O) groups is 1. The zero-order chi connectivity index (χ0) is 13.0. The highest BCUT2D eigenvalue weighted by molar-refractivity contribution is 9.10. The van der Waals surface area contributed by atoms with Gasteiger partial charge in [0.1, 0.15) is 0 Å². The summed E-state index contributed by atoms with van der Waals surface area (Å²) in [5.41, 5.74) is 1.02. The summed E-state index contributed by atoms with van der Waals surface area (Å²) >= 11 is 9.59. The maximum absolute atomic E-state index is 12.0. The molecule has 0 aromatic heterocycles. The van der Waals surface area contributed by atoms with Gasteiger partial charge in [0.15, 0.2) is 0 Å². The van der Waals surface area contributed by atoms with Gasteiger partial charge in [-0.3, -0.25) is 4.79 Å². The zero-order valence-corrected chi connectivity index (χ0v) is 12.6. The van der Waals surface area contributed by atoms with E-state index in [1.165, 1.54) is 12.8 Å². The highest BCUT2D eigenvalue weighted by Crippen LogP contribution is 2.23. The molecular weight excluding hydrogens is 314 g/mol. The van der Waals surface area contributed by atoms with Crippen LogP contribution in [0.5, 0.6) is 0 Å². The van der Waals surface area contributed by atoms with E-state index in [-0.39, 0.29) is 5.91 Å². The summed E-state index contributed by atoms with van der Waals surface area (Å²) in [6.45, 7) is 1.48. The molecule has 1 fully saturated rings. The van der Waals surface area contributed by atoms with Crippen molar-refractivity contribution < 1.29 is 4.79 Å². The van der Waals surface area contributed by atoms with E-state index in [2.05, 4.69) is 15.9 Å². The van der Waals surface area contributed by atoms with E-state index >= 15 is 0 Å². The molecule has 1 saturated heterocycles. The van der Waals surface area contributed by atoms with Crippen molar-refractivity contribution >= 4 is 33.4 Å². The van der Waals surface area contributed by atoms with E-state index in [0.717, 1.165) is 34.4 Å². The number of hydrogen-bond donors (Lipinski definition) is 0. The lowest BCUT2D eigenvalue weighted by Crippen LogP contribution is -2.32. The summed E-state index contributed by atoms with van der Waals surface area (Å²) in [4.78, 5) is 14.0. The Morgan fingerprint density at radius 2 is 2.00 bits per heavy atom. The molecule has 0 saturated carbocycles. The lowest BCUT2D eigenvalue weighted by molar-refractivity contribution is -0.132. The molecule has 0 atom stereocenters. The van der Waals surface area contributed by atoms with Crippen LogP contribution >= 0.6 is 27.5 Å². The van der Waals surface area contributed by atoms with Crippen LogP contribution in [0, 0.1) is 0 Å². The number of amides is 1. The van der Waals surface area contributed by atoms with Gasteiger partial charge in [0, 0.05) is 29.0 Å². The van der Waals surface area contributed by atoms with Crippen LogP contribution in [0.4, 0.5) is 0 Å². The molecule has 1 aliphatic rings. The number of halogens is 2. The molecule has 0 N–H and O–H groups in total. The van der Waals surface area contributed by atoms with Crippen molar-refractivity contribution in [1.82, 2.24) is 4.90 Å². The Labute approximate surface area is 121 Å². The SMILES string of the molecule is O=C1CCCCCCN1Cc1ccc(Br)cc1Cl. The Kier molecular flexibility index (Phi) is 5.07. The third-order valence-corrected chi connectivity index (χ3v) is 4.14. The van der Waals surface area contributed by atoms with Gasteiger partial charge in [-0.05, 0) is 30.5 Å². The van der Waals surface area contributed by atoms with Gasteiger partial charge in [-0.1, -0.05) is 46.4 Å². The highest BCUT2D eigenvalue weighted by atomic mass is 79.9. The van der Waals surface area contributed by atoms with Crippen LogP contribution in [0.3, 0.4) is 0 Å². The average molecular weight is 331 g/mol. The largest absolute Gasteiger partial charge is 0.338 e. The minimum absolute atomic E-state index is 0.258. The Morgan fingerprint density at radius 1 is 1.22 bits per heavy atom. The van der Waals surface area contributed by atoms with Gasteiger partial charge in [0.25, 0.3) is 0 Å². The second-order valence-corrected chi connectivity index (χ2v) is 6.04. The first-order valence-corrected chi connectivity index (χ1v) is 7.55. The van der Waals surface area contributed by atoms with Crippen LogP contribution in [-0.4, -0.2) is 17.4 Å². The topological polar surface area (TPSA) is 20.3 Å². The number of likely N-dealkylation sites (tertiary alicyclic amines) is 1. The molecule has 0 bridgehead atoms. The third kappa shape index (κ3) is 3.72. The monoisotopic (exact) mass is 329 g/mol. The molecule has 2 rings (SSSR count). The minimum atomic E-state index is 0.258. The van der Waals surface area contributed by atoms with Crippen molar-refractivity contribution in [3.8, 4) is 0 Å². The number of nitrogens with zero attached hydrogens (tertiary/aromatic N) is 1. The molecule has 1 heterocycles. The Morgan fingerprint density at radius 3 is 2.78 bits per heavy atom. The molecular formula is C14H17BrClNO. The maximum atomic E-state index is 12.0. The highest BCUT2D eigenvalue weighted by Gasteiger charge is 2.16. The van der Waals surface area contributed by atoms with Gasteiger partial charge in [0.2, 0.25) is 5.91 Å². The number of benzene rings is 1. The quantitative estimate of drug-likeness (QED) is 0.787. The molecule has 0 radical (unpaired) electrons. The van der Waals surface area contributed by atoms with Crippen LogP contribution < -0.4 is 0 Å². The summed E-state index contributed by atoms with van der Waals surface area (Å²) in [6, 6.07) is 5.83. The smallest absolute Gasteiger partial charge is 0.222 e. The lowest BCUT2D eigenvalue weighted by Gasteiger charge is -2.25. The van der Waals surface area contributed by atoms with Gasteiger partial charge >= 0.3 is 0 Å². The Balaban J connectivity index is 2.08. The summed E-state index contributed by atoms with van der Waals surface area (Å²) < 4.78 is 0.968.